The average Bonchev–Trinajstić information content (AvgIpc) is 3.72. The number of hydrogen-bond donors (Lipinski definition) is 3. The molecule has 2 saturated heterocycles. The molecule has 5 heterocycles. The molecule has 10 heteroatoms. The number of likely N-dealkylation sites (tertiary alicyclic amines) is 1. The smallest absolute Gasteiger partial charge is 0.270 e. The number of benzene rings is 2. The largest absolute Gasteiger partial charge is 0.351 e. The van der Waals surface area contributed by atoms with Gasteiger partial charge in [0.15, 0.2) is 5.82 Å². The molecule has 0 spiro atoms. The summed E-state index contributed by atoms with van der Waals surface area (Å²) in [5.74, 6) is 1.40. The number of anilines is 2. The molecule has 0 bridgehead atoms. The number of hydrogen-bond acceptors (Lipinski definition) is 7. The molecule has 5 aromatic rings. The van der Waals surface area contributed by atoms with Gasteiger partial charge in [0.05, 0.1) is 6.20 Å². The lowest BCUT2D eigenvalue weighted by Gasteiger charge is -2.42. The molecular weight excluding hydrogens is 526 g/mol. The van der Waals surface area contributed by atoms with Gasteiger partial charge >= 0.3 is 0 Å². The third-order valence-corrected chi connectivity index (χ3v) is 8.56. The Balaban J connectivity index is 1.02. The maximum atomic E-state index is 13.4. The fourth-order valence-electron chi connectivity index (χ4n) is 6.04. The zero-order chi connectivity index (χ0) is 28.5. The number of H-pyrrole nitrogens is 2. The molecular formula is C32H35N9O. The van der Waals surface area contributed by atoms with Crippen molar-refractivity contribution in [1.82, 2.24) is 39.8 Å². The number of nitrogens with one attached hydrogen (secondary N) is 3. The molecule has 1 amide bonds. The van der Waals surface area contributed by atoms with Crippen molar-refractivity contribution >= 4 is 28.3 Å². The third-order valence-electron chi connectivity index (χ3n) is 8.56. The average molecular weight is 562 g/mol. The molecule has 2 aromatic carbocycles. The van der Waals surface area contributed by atoms with E-state index < -0.39 is 0 Å². The zero-order valence-corrected chi connectivity index (χ0v) is 23.8. The Hall–Kier alpha value is -4.54. The minimum Gasteiger partial charge on any atom is -0.351 e. The van der Waals surface area contributed by atoms with Gasteiger partial charge in [-0.25, -0.2) is 9.97 Å². The minimum atomic E-state index is 0.0748. The second-order valence-electron chi connectivity index (χ2n) is 11.3. The first-order valence-corrected chi connectivity index (χ1v) is 14.6. The standard InChI is InChI=1S/C32H35N9O/c1-39-14-16-40(17-15-39)27-9-12-41(13-10-27)32(42)29-18-23-2-3-24(19-28(23)37-29)31-33-11-8-30(38-31)36-26-6-4-22(5-7-26)25-20-34-35-21-25/h2-8,11,18-21,27,37H,9-10,12-17H2,1H3,(H,34,35)(H,33,36,38). The Morgan fingerprint density at radius 2 is 1.69 bits per heavy atom. The van der Waals surface area contributed by atoms with E-state index >= 15 is 0 Å². The lowest BCUT2D eigenvalue weighted by atomic mass is 10.0. The monoisotopic (exact) mass is 561 g/mol. The van der Waals surface area contributed by atoms with E-state index in [4.69, 9.17) is 4.98 Å². The molecule has 0 radical (unpaired) electrons. The first kappa shape index (κ1) is 26.4. The Morgan fingerprint density at radius 1 is 0.905 bits per heavy atom. The lowest BCUT2D eigenvalue weighted by Crippen LogP contribution is -2.53. The molecule has 2 aliphatic heterocycles. The van der Waals surface area contributed by atoms with E-state index in [1.54, 1.807) is 12.4 Å². The van der Waals surface area contributed by atoms with Crippen LogP contribution in [-0.4, -0.2) is 98.1 Å². The van der Waals surface area contributed by atoms with Crippen LogP contribution in [0.3, 0.4) is 0 Å². The number of carbonyl (C=O) groups excluding carboxylic acids is 1. The van der Waals surface area contributed by atoms with Gasteiger partial charge < -0.3 is 20.1 Å². The normalized spacial score (nSPS) is 17.1. The van der Waals surface area contributed by atoms with Gasteiger partial charge in [-0.1, -0.05) is 24.3 Å². The van der Waals surface area contributed by atoms with Gasteiger partial charge in [-0.2, -0.15) is 5.10 Å². The highest BCUT2D eigenvalue weighted by atomic mass is 16.2. The van der Waals surface area contributed by atoms with Crippen molar-refractivity contribution in [1.29, 1.82) is 0 Å². The van der Waals surface area contributed by atoms with Crippen molar-refractivity contribution in [2.24, 2.45) is 0 Å². The topological polar surface area (TPSA) is 109 Å². The molecule has 0 unspecified atom stereocenters. The summed E-state index contributed by atoms with van der Waals surface area (Å²) in [5, 5.41) is 11.2. The van der Waals surface area contributed by atoms with E-state index in [0.29, 0.717) is 23.4 Å². The number of fused-ring (bicyclic) bond motifs is 1. The van der Waals surface area contributed by atoms with Crippen LogP contribution in [0, 0.1) is 0 Å². The molecule has 3 aromatic heterocycles. The number of amides is 1. The van der Waals surface area contributed by atoms with E-state index in [2.05, 4.69) is 42.3 Å². The van der Waals surface area contributed by atoms with Crippen LogP contribution in [0.4, 0.5) is 11.5 Å². The third kappa shape index (κ3) is 5.50. The second-order valence-corrected chi connectivity index (χ2v) is 11.3. The number of rotatable bonds is 6. The highest BCUT2D eigenvalue weighted by molar-refractivity contribution is 5.98. The summed E-state index contributed by atoms with van der Waals surface area (Å²) in [6, 6.07) is 18.6. The molecule has 0 aliphatic carbocycles. The molecule has 10 nitrogen and oxygen atoms in total. The van der Waals surface area contributed by atoms with Crippen LogP contribution in [0.2, 0.25) is 0 Å². The van der Waals surface area contributed by atoms with Crippen LogP contribution in [0.15, 0.2) is 73.2 Å². The molecule has 0 saturated carbocycles. The van der Waals surface area contributed by atoms with Crippen LogP contribution in [0.1, 0.15) is 23.3 Å². The Labute approximate surface area is 244 Å². The molecule has 2 aliphatic rings. The summed E-state index contributed by atoms with van der Waals surface area (Å²) >= 11 is 0. The summed E-state index contributed by atoms with van der Waals surface area (Å²) in [5.41, 5.74) is 5.49. The lowest BCUT2D eigenvalue weighted by molar-refractivity contribution is 0.0515. The van der Waals surface area contributed by atoms with E-state index in [-0.39, 0.29) is 5.91 Å². The van der Waals surface area contributed by atoms with Gasteiger partial charge in [0.25, 0.3) is 5.91 Å². The van der Waals surface area contributed by atoms with Gasteiger partial charge in [0.2, 0.25) is 0 Å². The predicted octanol–water partition coefficient (Wildman–Crippen LogP) is 4.61. The predicted molar refractivity (Wildman–Crippen MR) is 165 cm³/mol. The summed E-state index contributed by atoms with van der Waals surface area (Å²) in [6.45, 7) is 6.11. The van der Waals surface area contributed by atoms with Gasteiger partial charge in [0, 0.05) is 85.4 Å². The summed E-state index contributed by atoms with van der Waals surface area (Å²) in [7, 11) is 2.19. The molecule has 0 atom stereocenters. The number of carbonyl (C=O) groups is 1. The fraction of sp³-hybridized carbons (Fsp3) is 0.312. The van der Waals surface area contributed by atoms with E-state index in [1.165, 1.54) is 0 Å². The number of aromatic nitrogens is 5. The Bertz CT molecular complexity index is 1660. The zero-order valence-electron chi connectivity index (χ0n) is 23.8. The highest BCUT2D eigenvalue weighted by Crippen LogP contribution is 2.27. The van der Waals surface area contributed by atoms with Crippen molar-refractivity contribution in [3.63, 3.8) is 0 Å². The van der Waals surface area contributed by atoms with Gasteiger partial charge in [-0.05, 0) is 55.8 Å². The second kappa shape index (κ2) is 11.4. The molecule has 7 rings (SSSR count). The number of piperazine rings is 1. The summed E-state index contributed by atoms with van der Waals surface area (Å²) < 4.78 is 0. The number of likely N-dealkylation sites (N-methyl/N-ethyl adjacent to an activating group) is 1. The summed E-state index contributed by atoms with van der Waals surface area (Å²) in [6.07, 6.45) is 7.50. The Kier molecular flexibility index (Phi) is 7.15. The maximum absolute atomic E-state index is 13.4. The SMILES string of the molecule is CN1CCN(C2CCN(C(=O)c3cc4ccc(-c5nccc(Nc6ccc(-c7cn[nH]c7)cc6)n5)cc4[nH]3)CC2)CC1. The van der Waals surface area contributed by atoms with Crippen molar-refractivity contribution in [3.05, 3.63) is 78.9 Å². The van der Waals surface area contributed by atoms with Crippen LogP contribution >= 0.6 is 0 Å². The number of aromatic amines is 2. The first-order chi connectivity index (χ1) is 20.6. The quantitative estimate of drug-likeness (QED) is 0.278. The van der Waals surface area contributed by atoms with Crippen LogP contribution in [-0.2, 0) is 0 Å². The van der Waals surface area contributed by atoms with Crippen molar-refractivity contribution in [2.75, 3.05) is 51.6 Å². The molecule has 42 heavy (non-hydrogen) atoms. The van der Waals surface area contributed by atoms with E-state index in [9.17, 15) is 4.79 Å². The summed E-state index contributed by atoms with van der Waals surface area (Å²) in [4.78, 5) is 33.0. The van der Waals surface area contributed by atoms with Gasteiger partial charge in [-0.3, -0.25) is 14.8 Å². The van der Waals surface area contributed by atoms with Crippen LogP contribution < -0.4 is 5.32 Å². The van der Waals surface area contributed by atoms with Crippen molar-refractivity contribution in [3.8, 4) is 22.5 Å². The van der Waals surface area contributed by atoms with Crippen molar-refractivity contribution < 1.29 is 4.79 Å². The number of nitrogens with zero attached hydrogens (tertiary/aromatic N) is 6. The van der Waals surface area contributed by atoms with Gasteiger partial charge in [-0.15, -0.1) is 0 Å². The maximum Gasteiger partial charge on any atom is 0.270 e. The number of piperidine rings is 1. The van der Waals surface area contributed by atoms with Crippen molar-refractivity contribution in [2.45, 2.75) is 18.9 Å². The van der Waals surface area contributed by atoms with Gasteiger partial charge in [0.1, 0.15) is 11.5 Å². The highest BCUT2D eigenvalue weighted by Gasteiger charge is 2.29. The van der Waals surface area contributed by atoms with E-state index in [1.807, 2.05) is 65.7 Å². The minimum absolute atomic E-state index is 0.0748. The Morgan fingerprint density at radius 3 is 2.45 bits per heavy atom. The molecule has 214 valence electrons. The van der Waals surface area contributed by atoms with Crippen LogP contribution in [0.5, 0.6) is 0 Å². The molecule has 2 fully saturated rings. The van der Waals surface area contributed by atoms with E-state index in [0.717, 1.165) is 85.4 Å². The first-order valence-electron chi connectivity index (χ1n) is 14.6. The molecule has 3 N–H and O–H groups in total. The fourth-order valence-corrected chi connectivity index (χ4v) is 6.04. The van der Waals surface area contributed by atoms with Crippen LogP contribution in [0.25, 0.3) is 33.4 Å².